The van der Waals surface area contributed by atoms with Crippen LogP contribution in [0, 0.1) is 0 Å². The molecule has 0 spiro atoms. The van der Waals surface area contributed by atoms with E-state index in [2.05, 4.69) is 27.4 Å². The van der Waals surface area contributed by atoms with Crippen molar-refractivity contribution in [2.24, 2.45) is 7.05 Å². The van der Waals surface area contributed by atoms with Crippen LogP contribution in [-0.4, -0.2) is 58.9 Å². The van der Waals surface area contributed by atoms with Gasteiger partial charge in [0.15, 0.2) is 0 Å². The van der Waals surface area contributed by atoms with E-state index in [0.29, 0.717) is 13.1 Å². The summed E-state index contributed by atoms with van der Waals surface area (Å²) in [7, 11) is 3.67. The average Bonchev–Trinajstić information content (AvgIpc) is 3.33. The van der Waals surface area contributed by atoms with Crippen molar-refractivity contribution in [3.63, 3.8) is 0 Å². The number of benzene rings is 1. The third-order valence-electron chi connectivity index (χ3n) is 6.14. The van der Waals surface area contributed by atoms with Crippen LogP contribution in [0.4, 0.5) is 4.79 Å². The van der Waals surface area contributed by atoms with Gasteiger partial charge in [-0.25, -0.2) is 4.79 Å². The van der Waals surface area contributed by atoms with Crippen LogP contribution in [0.25, 0.3) is 0 Å². The van der Waals surface area contributed by atoms with E-state index in [0.717, 1.165) is 43.8 Å². The molecule has 1 unspecified atom stereocenters. The molecular weight excluding hydrogens is 366 g/mol. The molecule has 2 aromatic rings. The van der Waals surface area contributed by atoms with Gasteiger partial charge < -0.3 is 15.0 Å². The second-order valence-electron chi connectivity index (χ2n) is 7.99. The number of urea groups is 1. The van der Waals surface area contributed by atoms with E-state index in [9.17, 15) is 4.79 Å². The molecule has 0 bridgehead atoms. The van der Waals surface area contributed by atoms with Gasteiger partial charge in [-0.05, 0) is 56.5 Å². The number of carbonyl (C=O) groups is 1. The Kier molecular flexibility index (Phi) is 6.04. The van der Waals surface area contributed by atoms with Crippen LogP contribution in [0.3, 0.4) is 0 Å². The number of hydrogen-bond donors (Lipinski definition) is 1. The molecule has 3 heterocycles. The average molecular weight is 398 g/mol. The van der Waals surface area contributed by atoms with E-state index in [1.54, 1.807) is 7.11 Å². The summed E-state index contributed by atoms with van der Waals surface area (Å²) in [6, 6.07) is 8.38. The zero-order valence-corrected chi connectivity index (χ0v) is 17.4. The van der Waals surface area contributed by atoms with Crippen LogP contribution >= 0.6 is 0 Å². The second-order valence-corrected chi connectivity index (χ2v) is 7.99. The quantitative estimate of drug-likeness (QED) is 0.843. The van der Waals surface area contributed by atoms with Crippen molar-refractivity contribution < 1.29 is 9.53 Å². The number of nitrogens with one attached hydrogen (secondary N) is 1. The van der Waals surface area contributed by atoms with Crippen molar-refractivity contribution in [3.05, 3.63) is 47.3 Å². The maximum absolute atomic E-state index is 13.0. The number of aromatic nitrogens is 2. The Labute approximate surface area is 172 Å². The number of rotatable bonds is 5. The lowest BCUT2D eigenvalue weighted by Gasteiger charge is -2.30. The minimum atomic E-state index is 0.00814. The summed E-state index contributed by atoms with van der Waals surface area (Å²) < 4.78 is 7.35. The van der Waals surface area contributed by atoms with Crippen molar-refractivity contribution >= 4 is 6.03 Å². The molecule has 1 aromatic heterocycles. The number of likely N-dealkylation sites (tertiary alicyclic amines) is 1. The van der Waals surface area contributed by atoms with Crippen LogP contribution in [0.15, 0.2) is 30.5 Å². The molecule has 29 heavy (non-hydrogen) atoms. The molecule has 1 saturated heterocycles. The summed E-state index contributed by atoms with van der Waals surface area (Å²) in [5, 5.41) is 7.56. The van der Waals surface area contributed by atoms with Crippen molar-refractivity contribution in [3.8, 4) is 5.75 Å². The summed E-state index contributed by atoms with van der Waals surface area (Å²) in [5.74, 6) is 0.856. The molecule has 7 nitrogen and oxygen atoms in total. The molecule has 156 valence electrons. The Bertz CT molecular complexity index is 843. The Morgan fingerprint density at radius 2 is 2.07 bits per heavy atom. The number of aryl methyl sites for hydroxylation is 1. The number of ether oxygens (including phenoxy) is 1. The van der Waals surface area contributed by atoms with Crippen LogP contribution in [-0.2, 0) is 20.0 Å². The number of amides is 2. The third kappa shape index (κ3) is 4.40. The van der Waals surface area contributed by atoms with Gasteiger partial charge in [-0.15, -0.1) is 0 Å². The standard InChI is InChI=1S/C22H31N5O2/c1-25-20-9-6-12-27(16-18(20)14-24-25)22(28)23-15-21(26-10-3-4-11-26)17-7-5-8-19(13-17)29-2/h5,7-8,13-14,21H,3-4,6,9-12,15-16H2,1-2H3,(H,23,28). The van der Waals surface area contributed by atoms with E-state index < -0.39 is 0 Å². The summed E-state index contributed by atoms with van der Waals surface area (Å²) in [4.78, 5) is 17.4. The number of methoxy groups -OCH3 is 1. The van der Waals surface area contributed by atoms with E-state index >= 15 is 0 Å². The van der Waals surface area contributed by atoms with Gasteiger partial charge in [0.05, 0.1) is 25.9 Å². The van der Waals surface area contributed by atoms with Gasteiger partial charge in [0.25, 0.3) is 0 Å². The minimum absolute atomic E-state index is 0.00814. The Morgan fingerprint density at radius 1 is 1.24 bits per heavy atom. The highest BCUT2D eigenvalue weighted by Gasteiger charge is 2.26. The lowest BCUT2D eigenvalue weighted by atomic mass is 10.1. The number of hydrogen-bond acceptors (Lipinski definition) is 4. The lowest BCUT2D eigenvalue weighted by Crippen LogP contribution is -2.43. The smallest absolute Gasteiger partial charge is 0.317 e. The topological polar surface area (TPSA) is 62.6 Å². The zero-order valence-electron chi connectivity index (χ0n) is 17.4. The van der Waals surface area contributed by atoms with Gasteiger partial charge in [-0.1, -0.05) is 12.1 Å². The Morgan fingerprint density at radius 3 is 2.86 bits per heavy atom. The summed E-state index contributed by atoms with van der Waals surface area (Å²) in [6.07, 6.45) is 6.25. The molecule has 2 aliphatic heterocycles. The van der Waals surface area contributed by atoms with E-state index in [1.807, 2.05) is 35.0 Å². The maximum atomic E-state index is 13.0. The molecule has 0 saturated carbocycles. The number of fused-ring (bicyclic) bond motifs is 1. The highest BCUT2D eigenvalue weighted by atomic mass is 16.5. The minimum Gasteiger partial charge on any atom is -0.497 e. The summed E-state index contributed by atoms with van der Waals surface area (Å²) in [5.41, 5.74) is 3.59. The molecule has 0 radical (unpaired) electrons. The predicted molar refractivity (Wildman–Crippen MR) is 112 cm³/mol. The summed E-state index contributed by atoms with van der Waals surface area (Å²) >= 11 is 0. The van der Waals surface area contributed by atoms with Crippen molar-refractivity contribution in [1.82, 2.24) is 24.9 Å². The molecule has 1 fully saturated rings. The van der Waals surface area contributed by atoms with Gasteiger partial charge >= 0.3 is 6.03 Å². The number of nitrogens with zero attached hydrogens (tertiary/aromatic N) is 4. The van der Waals surface area contributed by atoms with Gasteiger partial charge in [0.2, 0.25) is 0 Å². The fraction of sp³-hybridized carbons (Fsp3) is 0.545. The molecule has 4 rings (SSSR count). The largest absolute Gasteiger partial charge is 0.497 e. The molecular formula is C22H31N5O2. The first-order valence-corrected chi connectivity index (χ1v) is 10.6. The molecule has 1 aromatic carbocycles. The maximum Gasteiger partial charge on any atom is 0.317 e. The third-order valence-corrected chi connectivity index (χ3v) is 6.14. The molecule has 1 atom stereocenters. The first kappa shape index (κ1) is 19.8. The van der Waals surface area contributed by atoms with E-state index in [4.69, 9.17) is 4.74 Å². The molecule has 2 amide bonds. The van der Waals surface area contributed by atoms with E-state index in [-0.39, 0.29) is 12.1 Å². The van der Waals surface area contributed by atoms with Crippen molar-refractivity contribution in [2.45, 2.75) is 38.3 Å². The van der Waals surface area contributed by atoms with Crippen LogP contribution in [0.2, 0.25) is 0 Å². The highest BCUT2D eigenvalue weighted by Crippen LogP contribution is 2.27. The van der Waals surface area contributed by atoms with Crippen LogP contribution in [0.5, 0.6) is 5.75 Å². The molecule has 1 N–H and O–H groups in total. The van der Waals surface area contributed by atoms with E-state index in [1.165, 1.54) is 24.1 Å². The van der Waals surface area contributed by atoms with Crippen LogP contribution in [0.1, 0.15) is 42.1 Å². The summed E-state index contributed by atoms with van der Waals surface area (Å²) in [6.45, 7) is 4.14. The van der Waals surface area contributed by atoms with Crippen molar-refractivity contribution in [2.75, 3.05) is 33.3 Å². The first-order valence-electron chi connectivity index (χ1n) is 10.6. The zero-order chi connectivity index (χ0) is 20.2. The first-order chi connectivity index (χ1) is 14.2. The SMILES string of the molecule is COc1cccc(C(CNC(=O)N2CCCc3c(cnn3C)C2)N2CCCC2)c1. The Hall–Kier alpha value is -2.54. The normalized spacial score (nSPS) is 18.2. The van der Waals surface area contributed by atoms with Gasteiger partial charge in [0, 0.05) is 31.4 Å². The Balaban J connectivity index is 1.44. The van der Waals surface area contributed by atoms with Crippen LogP contribution < -0.4 is 10.1 Å². The van der Waals surface area contributed by atoms with Gasteiger partial charge in [-0.2, -0.15) is 5.10 Å². The second kappa shape index (κ2) is 8.86. The molecule has 0 aliphatic carbocycles. The lowest BCUT2D eigenvalue weighted by molar-refractivity contribution is 0.186. The van der Waals surface area contributed by atoms with Gasteiger partial charge in [0.1, 0.15) is 5.75 Å². The fourth-order valence-corrected chi connectivity index (χ4v) is 4.51. The molecule has 2 aliphatic rings. The number of carbonyl (C=O) groups excluding carboxylic acids is 1. The molecule has 7 heteroatoms. The predicted octanol–water partition coefficient (Wildman–Crippen LogP) is 2.72. The van der Waals surface area contributed by atoms with Crippen molar-refractivity contribution in [1.29, 1.82) is 0 Å². The monoisotopic (exact) mass is 397 g/mol. The van der Waals surface area contributed by atoms with Gasteiger partial charge in [-0.3, -0.25) is 9.58 Å². The highest BCUT2D eigenvalue weighted by molar-refractivity contribution is 5.74. The fourth-order valence-electron chi connectivity index (χ4n) is 4.51.